The second kappa shape index (κ2) is 10.5. The van der Waals surface area contributed by atoms with Gasteiger partial charge in [-0.3, -0.25) is 4.90 Å². The molecule has 1 heterocycles. The van der Waals surface area contributed by atoms with E-state index in [1.54, 1.807) is 6.07 Å². The van der Waals surface area contributed by atoms with Crippen molar-refractivity contribution >= 4 is 6.09 Å². The molecule has 32 heavy (non-hydrogen) atoms. The predicted molar refractivity (Wildman–Crippen MR) is 124 cm³/mol. The fourth-order valence-electron chi connectivity index (χ4n) is 4.27. The SMILES string of the molecule is C[C@@H]1Cc2cc(F)ccc2CN(C[C@@H](O)[C@H](Cc2ccccc2)NC(=O)OC(C)(C)C)C1. The van der Waals surface area contributed by atoms with Crippen LogP contribution in [0.25, 0.3) is 0 Å². The number of alkyl carbamates (subject to hydrolysis) is 1. The first-order chi connectivity index (χ1) is 15.1. The summed E-state index contributed by atoms with van der Waals surface area (Å²) in [5.74, 6) is 0.116. The third-order valence-corrected chi connectivity index (χ3v) is 5.61. The molecular formula is C26H35FN2O3. The molecule has 2 N–H and O–H groups in total. The molecule has 0 radical (unpaired) electrons. The zero-order valence-corrected chi connectivity index (χ0v) is 19.5. The van der Waals surface area contributed by atoms with Crippen LogP contribution in [-0.2, 0) is 24.1 Å². The number of aliphatic hydroxyl groups excluding tert-OH is 1. The van der Waals surface area contributed by atoms with Crippen molar-refractivity contribution in [1.82, 2.24) is 10.2 Å². The molecule has 3 rings (SSSR count). The number of carbonyl (C=O) groups excluding carboxylic acids is 1. The van der Waals surface area contributed by atoms with Gasteiger partial charge in [0.05, 0.1) is 12.1 Å². The summed E-state index contributed by atoms with van der Waals surface area (Å²) in [6.45, 7) is 9.41. The van der Waals surface area contributed by atoms with Crippen molar-refractivity contribution in [3.05, 3.63) is 71.0 Å². The second-order valence-electron chi connectivity index (χ2n) is 9.93. The topological polar surface area (TPSA) is 61.8 Å². The van der Waals surface area contributed by atoms with Gasteiger partial charge < -0.3 is 15.2 Å². The molecule has 0 fully saturated rings. The molecule has 3 atom stereocenters. The van der Waals surface area contributed by atoms with Gasteiger partial charge in [-0.1, -0.05) is 43.3 Å². The predicted octanol–water partition coefficient (Wildman–Crippen LogP) is 4.32. The summed E-state index contributed by atoms with van der Waals surface area (Å²) >= 11 is 0. The minimum absolute atomic E-state index is 0.214. The lowest BCUT2D eigenvalue weighted by atomic mass is 9.99. The summed E-state index contributed by atoms with van der Waals surface area (Å²) in [4.78, 5) is 14.7. The van der Waals surface area contributed by atoms with Gasteiger partial charge in [0, 0.05) is 19.6 Å². The highest BCUT2D eigenvalue weighted by Gasteiger charge is 2.28. The summed E-state index contributed by atoms with van der Waals surface area (Å²) in [6.07, 6.45) is -0.0325. The van der Waals surface area contributed by atoms with Gasteiger partial charge in [-0.2, -0.15) is 0 Å². The van der Waals surface area contributed by atoms with E-state index in [2.05, 4.69) is 17.1 Å². The van der Waals surface area contributed by atoms with Crippen LogP contribution in [0.15, 0.2) is 48.5 Å². The molecule has 0 aliphatic carbocycles. The molecule has 2 aromatic rings. The number of fused-ring (bicyclic) bond motifs is 1. The average molecular weight is 443 g/mol. The highest BCUT2D eigenvalue weighted by Crippen LogP contribution is 2.23. The van der Waals surface area contributed by atoms with Crippen molar-refractivity contribution < 1.29 is 19.0 Å². The maximum atomic E-state index is 13.7. The van der Waals surface area contributed by atoms with Gasteiger partial charge in [-0.05, 0) is 68.4 Å². The molecule has 1 aliphatic heterocycles. The van der Waals surface area contributed by atoms with E-state index in [0.717, 1.165) is 29.7 Å². The van der Waals surface area contributed by atoms with Crippen molar-refractivity contribution in [2.75, 3.05) is 13.1 Å². The van der Waals surface area contributed by atoms with E-state index in [0.29, 0.717) is 25.4 Å². The van der Waals surface area contributed by atoms with Gasteiger partial charge in [0.25, 0.3) is 0 Å². The highest BCUT2D eigenvalue weighted by molar-refractivity contribution is 5.68. The number of ether oxygens (including phenoxy) is 1. The minimum Gasteiger partial charge on any atom is -0.444 e. The zero-order chi connectivity index (χ0) is 23.3. The second-order valence-corrected chi connectivity index (χ2v) is 9.93. The van der Waals surface area contributed by atoms with Crippen LogP contribution in [-0.4, -0.2) is 46.9 Å². The van der Waals surface area contributed by atoms with E-state index in [-0.39, 0.29) is 5.82 Å². The Morgan fingerprint density at radius 2 is 1.94 bits per heavy atom. The quantitative estimate of drug-likeness (QED) is 0.700. The van der Waals surface area contributed by atoms with Crippen LogP contribution in [0.1, 0.15) is 44.4 Å². The van der Waals surface area contributed by atoms with Gasteiger partial charge in [0.1, 0.15) is 11.4 Å². The number of carbonyl (C=O) groups is 1. The third-order valence-electron chi connectivity index (χ3n) is 5.61. The van der Waals surface area contributed by atoms with Gasteiger partial charge >= 0.3 is 6.09 Å². The van der Waals surface area contributed by atoms with Crippen LogP contribution in [0, 0.1) is 11.7 Å². The largest absolute Gasteiger partial charge is 0.444 e. The van der Waals surface area contributed by atoms with Crippen molar-refractivity contribution in [3.63, 3.8) is 0 Å². The third kappa shape index (κ3) is 7.31. The fraction of sp³-hybridized carbons (Fsp3) is 0.500. The maximum absolute atomic E-state index is 13.7. The molecule has 174 valence electrons. The molecule has 6 heteroatoms. The lowest BCUT2D eigenvalue weighted by Crippen LogP contribution is -2.50. The van der Waals surface area contributed by atoms with Crippen LogP contribution in [0.3, 0.4) is 0 Å². The van der Waals surface area contributed by atoms with E-state index in [1.807, 2.05) is 57.2 Å². The van der Waals surface area contributed by atoms with Crippen LogP contribution in [0.2, 0.25) is 0 Å². The Kier molecular flexibility index (Phi) is 7.91. The minimum atomic E-state index is -0.795. The van der Waals surface area contributed by atoms with Gasteiger partial charge in [-0.25, -0.2) is 9.18 Å². The van der Waals surface area contributed by atoms with E-state index in [1.165, 1.54) is 6.07 Å². The number of hydrogen-bond donors (Lipinski definition) is 2. The number of β-amino-alcohol motifs (C(OH)–C–C–N with tert-alkyl or cyclic N) is 1. The van der Waals surface area contributed by atoms with E-state index in [4.69, 9.17) is 4.74 Å². The van der Waals surface area contributed by atoms with Crippen LogP contribution in [0.5, 0.6) is 0 Å². The van der Waals surface area contributed by atoms with Crippen LogP contribution >= 0.6 is 0 Å². The van der Waals surface area contributed by atoms with E-state index >= 15 is 0 Å². The molecule has 0 spiro atoms. The Hall–Kier alpha value is -2.44. The normalized spacial score (nSPS) is 18.9. The van der Waals surface area contributed by atoms with Crippen LogP contribution < -0.4 is 5.32 Å². The van der Waals surface area contributed by atoms with E-state index < -0.39 is 23.8 Å². The zero-order valence-electron chi connectivity index (χ0n) is 19.5. The molecule has 0 saturated heterocycles. The molecular weight excluding hydrogens is 407 g/mol. The number of rotatable bonds is 6. The Labute approximate surface area is 190 Å². The standard InChI is InChI=1S/C26H35FN2O3/c1-18-12-21-14-22(27)11-10-20(21)16-29(15-18)17-24(30)23(13-19-8-6-5-7-9-19)28-25(31)32-26(2,3)4/h5-11,14,18,23-24,30H,12-13,15-17H2,1-4H3,(H,28,31)/t18-,23+,24-/m1/s1. The number of benzene rings is 2. The Morgan fingerprint density at radius 3 is 2.62 bits per heavy atom. The Morgan fingerprint density at radius 1 is 1.22 bits per heavy atom. The van der Waals surface area contributed by atoms with Crippen molar-refractivity contribution in [3.8, 4) is 0 Å². The molecule has 0 aromatic heterocycles. The lowest BCUT2D eigenvalue weighted by molar-refractivity contribution is 0.0350. The molecule has 0 bridgehead atoms. The number of aliphatic hydroxyl groups is 1. The van der Waals surface area contributed by atoms with Crippen molar-refractivity contribution in [2.24, 2.45) is 5.92 Å². The van der Waals surface area contributed by atoms with E-state index in [9.17, 15) is 14.3 Å². The number of amides is 1. The number of nitrogens with zero attached hydrogens (tertiary/aromatic N) is 1. The molecule has 0 unspecified atom stereocenters. The molecule has 2 aromatic carbocycles. The van der Waals surface area contributed by atoms with Crippen LogP contribution in [0.4, 0.5) is 9.18 Å². The number of hydrogen-bond acceptors (Lipinski definition) is 4. The summed E-state index contributed by atoms with van der Waals surface area (Å²) in [6, 6.07) is 14.2. The van der Waals surface area contributed by atoms with Crippen molar-refractivity contribution in [2.45, 2.75) is 64.8 Å². The molecule has 1 aliphatic rings. The molecule has 5 nitrogen and oxygen atoms in total. The van der Waals surface area contributed by atoms with Crippen molar-refractivity contribution in [1.29, 1.82) is 0 Å². The maximum Gasteiger partial charge on any atom is 0.407 e. The Bertz CT molecular complexity index is 898. The lowest BCUT2D eigenvalue weighted by Gasteiger charge is -2.31. The number of halogens is 1. The first-order valence-corrected chi connectivity index (χ1v) is 11.3. The molecule has 1 amide bonds. The summed E-state index contributed by atoms with van der Waals surface area (Å²) in [7, 11) is 0. The van der Waals surface area contributed by atoms with Gasteiger partial charge in [0.15, 0.2) is 0 Å². The average Bonchev–Trinajstić information content (AvgIpc) is 2.83. The first-order valence-electron chi connectivity index (χ1n) is 11.3. The smallest absolute Gasteiger partial charge is 0.407 e. The van der Waals surface area contributed by atoms with Gasteiger partial charge in [-0.15, -0.1) is 0 Å². The van der Waals surface area contributed by atoms with Gasteiger partial charge in [0.2, 0.25) is 0 Å². The monoisotopic (exact) mass is 442 g/mol. The summed E-state index contributed by atoms with van der Waals surface area (Å²) in [5, 5.41) is 14.0. The number of nitrogens with one attached hydrogen (secondary N) is 1. The first kappa shape index (κ1) is 24.2. The summed E-state index contributed by atoms with van der Waals surface area (Å²) < 4.78 is 19.1. The fourth-order valence-corrected chi connectivity index (χ4v) is 4.27. The highest BCUT2D eigenvalue weighted by atomic mass is 19.1. The molecule has 0 saturated carbocycles. The summed E-state index contributed by atoms with van der Waals surface area (Å²) in [5.41, 5.74) is 2.52. The Balaban J connectivity index is 1.73.